The number of para-hydroxylation sites is 1. The molecule has 5 rings (SSSR count). The van der Waals surface area contributed by atoms with Crippen molar-refractivity contribution >= 4 is 34.6 Å². The van der Waals surface area contributed by atoms with Crippen LogP contribution in [0, 0.1) is 11.3 Å². The van der Waals surface area contributed by atoms with E-state index in [-0.39, 0.29) is 5.56 Å². The maximum atomic E-state index is 13.6. The normalized spacial score (nSPS) is 15.0. The molecule has 3 heterocycles. The maximum absolute atomic E-state index is 13.6. The van der Waals surface area contributed by atoms with Crippen molar-refractivity contribution in [2.24, 2.45) is 0 Å². The number of hydrogen-bond acceptors (Lipinski definition) is 5. The molecule has 0 unspecified atom stereocenters. The van der Waals surface area contributed by atoms with Crippen LogP contribution in [0.5, 0.6) is 0 Å². The molecule has 0 saturated heterocycles. The fourth-order valence-corrected chi connectivity index (χ4v) is 5.34. The predicted molar refractivity (Wildman–Crippen MR) is 130 cm³/mol. The van der Waals surface area contributed by atoms with E-state index in [1.807, 2.05) is 53.1 Å². The van der Waals surface area contributed by atoms with E-state index < -0.39 is 0 Å². The first-order valence-electron chi connectivity index (χ1n) is 10.8. The number of aryl methyl sites for hydroxylation is 1. The van der Waals surface area contributed by atoms with Crippen LogP contribution in [0.4, 0.5) is 0 Å². The van der Waals surface area contributed by atoms with E-state index in [0.717, 1.165) is 43.6 Å². The number of aromatic nitrogens is 4. The molecule has 0 fully saturated rings. The SMILES string of the molecule is N#C/C(c1nnc2n1CCCCC2)=c1/s/c(=C\c2ccccc2Cl)c(=O)n1-c1ccccc1. The molecule has 0 spiro atoms. The van der Waals surface area contributed by atoms with Crippen molar-refractivity contribution < 1.29 is 0 Å². The summed E-state index contributed by atoms with van der Waals surface area (Å²) < 4.78 is 4.64. The van der Waals surface area contributed by atoms with E-state index in [0.29, 0.717) is 31.3 Å². The Bertz CT molecular complexity index is 1540. The van der Waals surface area contributed by atoms with Gasteiger partial charge < -0.3 is 4.57 Å². The molecule has 1 aliphatic rings. The molecule has 0 bridgehead atoms. The minimum atomic E-state index is -0.204. The van der Waals surface area contributed by atoms with Crippen LogP contribution in [0.2, 0.25) is 5.02 Å². The van der Waals surface area contributed by atoms with Crippen LogP contribution in [-0.4, -0.2) is 19.3 Å². The summed E-state index contributed by atoms with van der Waals surface area (Å²) in [5.74, 6) is 1.41. The number of thiazole rings is 1. The Morgan fingerprint density at radius 3 is 2.64 bits per heavy atom. The van der Waals surface area contributed by atoms with Gasteiger partial charge in [0.15, 0.2) is 5.82 Å². The smallest absolute Gasteiger partial charge is 0.273 e. The summed E-state index contributed by atoms with van der Waals surface area (Å²) in [5, 5.41) is 19.5. The van der Waals surface area contributed by atoms with E-state index >= 15 is 0 Å². The van der Waals surface area contributed by atoms with E-state index in [4.69, 9.17) is 11.6 Å². The third-order valence-corrected chi connectivity index (χ3v) is 7.13. The van der Waals surface area contributed by atoms with Crippen LogP contribution < -0.4 is 14.8 Å². The number of halogens is 1. The number of fused-ring (bicyclic) bond motifs is 1. The second-order valence-corrected chi connectivity index (χ2v) is 9.24. The van der Waals surface area contributed by atoms with E-state index in [1.165, 1.54) is 11.3 Å². The standard InChI is InChI=1S/C25H20ClN5OS/c26-20-12-7-6-9-17(20)15-21-24(32)31(18-10-3-1-4-11-18)25(33-21)19(16-27)23-29-28-22-13-5-2-8-14-30(22)23/h1,3-4,6-7,9-12,15H,2,5,8,13-14H2/b21-15-,25-19-. The lowest BCUT2D eigenvalue weighted by Crippen LogP contribution is -2.31. The highest BCUT2D eigenvalue weighted by Crippen LogP contribution is 2.19. The van der Waals surface area contributed by atoms with Crippen LogP contribution in [0.3, 0.4) is 0 Å². The molecule has 2 aromatic heterocycles. The average molecular weight is 474 g/mol. The van der Waals surface area contributed by atoms with Crippen molar-refractivity contribution in [2.45, 2.75) is 32.2 Å². The molecular weight excluding hydrogens is 454 g/mol. The van der Waals surface area contributed by atoms with Crippen molar-refractivity contribution in [1.82, 2.24) is 19.3 Å². The summed E-state index contributed by atoms with van der Waals surface area (Å²) in [6, 6.07) is 19.0. The highest BCUT2D eigenvalue weighted by molar-refractivity contribution is 7.07. The molecule has 2 aromatic carbocycles. The van der Waals surface area contributed by atoms with Crippen LogP contribution in [0.15, 0.2) is 59.4 Å². The van der Waals surface area contributed by atoms with E-state index in [9.17, 15) is 10.1 Å². The summed E-state index contributed by atoms with van der Waals surface area (Å²) in [5.41, 5.74) is 1.58. The van der Waals surface area contributed by atoms with Gasteiger partial charge in [-0.25, -0.2) is 0 Å². The largest absolute Gasteiger partial charge is 0.310 e. The third kappa shape index (κ3) is 4.04. The Morgan fingerprint density at radius 1 is 1.06 bits per heavy atom. The van der Waals surface area contributed by atoms with Gasteiger partial charge in [-0.15, -0.1) is 21.5 Å². The van der Waals surface area contributed by atoms with Gasteiger partial charge in [0.05, 0.1) is 10.2 Å². The van der Waals surface area contributed by atoms with Crippen molar-refractivity contribution in [1.29, 1.82) is 5.26 Å². The molecule has 1 aliphatic heterocycles. The quantitative estimate of drug-likeness (QED) is 0.457. The molecule has 0 N–H and O–H groups in total. The van der Waals surface area contributed by atoms with Gasteiger partial charge in [-0.1, -0.05) is 54.4 Å². The van der Waals surface area contributed by atoms with Gasteiger partial charge in [-0.3, -0.25) is 9.36 Å². The Morgan fingerprint density at radius 2 is 1.85 bits per heavy atom. The fourth-order valence-electron chi connectivity index (χ4n) is 4.06. The van der Waals surface area contributed by atoms with Crippen molar-refractivity contribution in [2.75, 3.05) is 0 Å². The minimum absolute atomic E-state index is 0.204. The third-order valence-electron chi connectivity index (χ3n) is 5.69. The summed E-state index contributed by atoms with van der Waals surface area (Å²) in [6.07, 6.45) is 5.81. The highest BCUT2D eigenvalue weighted by atomic mass is 35.5. The molecular formula is C25H20ClN5OS. The number of nitrogens with zero attached hydrogens (tertiary/aromatic N) is 5. The van der Waals surface area contributed by atoms with Gasteiger partial charge in [-0.05, 0) is 42.7 Å². The zero-order valence-electron chi connectivity index (χ0n) is 17.7. The fraction of sp³-hybridized carbons (Fsp3) is 0.200. The lowest BCUT2D eigenvalue weighted by Gasteiger charge is -2.07. The molecule has 0 atom stereocenters. The van der Waals surface area contributed by atoms with Crippen molar-refractivity contribution in [3.63, 3.8) is 0 Å². The highest BCUT2D eigenvalue weighted by Gasteiger charge is 2.21. The number of benzene rings is 2. The first kappa shape index (κ1) is 21.4. The molecule has 0 saturated carbocycles. The van der Waals surface area contributed by atoms with Crippen LogP contribution in [-0.2, 0) is 13.0 Å². The molecule has 0 radical (unpaired) electrons. The number of rotatable bonds is 3. The molecule has 33 heavy (non-hydrogen) atoms. The number of nitriles is 1. The lowest BCUT2D eigenvalue weighted by atomic mass is 10.2. The van der Waals surface area contributed by atoms with Gasteiger partial charge in [0.25, 0.3) is 5.56 Å². The minimum Gasteiger partial charge on any atom is -0.310 e. The van der Waals surface area contributed by atoms with Crippen molar-refractivity contribution in [3.8, 4) is 11.8 Å². The summed E-state index contributed by atoms with van der Waals surface area (Å²) >= 11 is 7.61. The van der Waals surface area contributed by atoms with Gasteiger partial charge in [-0.2, -0.15) is 5.26 Å². The Hall–Kier alpha value is -3.47. The molecule has 8 heteroatoms. The van der Waals surface area contributed by atoms with Crippen LogP contribution in [0.1, 0.15) is 36.5 Å². The summed E-state index contributed by atoms with van der Waals surface area (Å²) in [4.78, 5) is 13.6. The zero-order chi connectivity index (χ0) is 22.8. The van der Waals surface area contributed by atoms with Gasteiger partial charge in [0.2, 0.25) is 0 Å². The second-order valence-electron chi connectivity index (χ2n) is 7.80. The lowest BCUT2D eigenvalue weighted by molar-refractivity contribution is 0.627. The summed E-state index contributed by atoms with van der Waals surface area (Å²) in [7, 11) is 0. The van der Waals surface area contributed by atoms with Gasteiger partial charge >= 0.3 is 0 Å². The molecule has 0 aliphatic carbocycles. The second kappa shape index (κ2) is 9.18. The molecule has 6 nitrogen and oxygen atoms in total. The van der Waals surface area contributed by atoms with Gasteiger partial charge in [0.1, 0.15) is 22.1 Å². The molecule has 4 aromatic rings. The Labute approximate surface area is 199 Å². The molecule has 164 valence electrons. The Kier molecular flexibility index (Phi) is 5.95. The Balaban J connectivity index is 1.85. The first-order valence-corrected chi connectivity index (χ1v) is 12.0. The monoisotopic (exact) mass is 473 g/mol. The van der Waals surface area contributed by atoms with E-state index in [2.05, 4.69) is 16.3 Å². The van der Waals surface area contributed by atoms with Gasteiger partial charge in [0, 0.05) is 18.0 Å². The summed E-state index contributed by atoms with van der Waals surface area (Å²) in [6.45, 7) is 0.766. The maximum Gasteiger partial charge on any atom is 0.273 e. The first-order chi connectivity index (χ1) is 16.2. The zero-order valence-corrected chi connectivity index (χ0v) is 19.3. The predicted octanol–water partition coefficient (Wildman–Crippen LogP) is 3.42. The number of hydrogen-bond donors (Lipinski definition) is 0. The topological polar surface area (TPSA) is 76.5 Å². The molecule has 0 amide bonds. The average Bonchev–Trinajstić information content (AvgIpc) is 3.27. The van der Waals surface area contributed by atoms with E-state index in [1.54, 1.807) is 16.7 Å². The van der Waals surface area contributed by atoms with Crippen LogP contribution >= 0.6 is 22.9 Å². The van der Waals surface area contributed by atoms with Crippen molar-refractivity contribution in [3.05, 3.63) is 96.4 Å². The van der Waals surface area contributed by atoms with Crippen LogP contribution in [0.25, 0.3) is 17.3 Å².